The largest absolute Gasteiger partial charge is 0.508 e. The molecule has 1 N–H and O–H groups in total. The van der Waals surface area contributed by atoms with E-state index in [9.17, 15) is 22.3 Å². The average Bonchev–Trinajstić information content (AvgIpc) is 0.780. The van der Waals surface area contributed by atoms with Gasteiger partial charge >= 0.3 is 0 Å². The number of benzene rings is 6. The lowest BCUT2D eigenvalue weighted by atomic mass is 9.90. The van der Waals surface area contributed by atoms with E-state index in [1.54, 1.807) is 100 Å². The van der Waals surface area contributed by atoms with Crippen LogP contribution in [0.15, 0.2) is 177 Å². The van der Waals surface area contributed by atoms with Crippen molar-refractivity contribution in [2.45, 2.75) is 297 Å². The Balaban J connectivity index is 0.000000211. The van der Waals surface area contributed by atoms with Crippen molar-refractivity contribution in [2.75, 3.05) is 34.7 Å². The van der Waals surface area contributed by atoms with E-state index in [0.29, 0.717) is 62.0 Å². The molecule has 148 heavy (non-hydrogen) atoms. The first kappa shape index (κ1) is 120. The number of ether oxygens (including phenoxy) is 7. The van der Waals surface area contributed by atoms with Crippen LogP contribution in [-0.2, 0) is 53.5 Å². The Morgan fingerprint density at radius 1 is 0.297 bits per heavy atom. The van der Waals surface area contributed by atoms with Crippen LogP contribution in [0, 0.1) is 60.1 Å². The van der Waals surface area contributed by atoms with Crippen LogP contribution >= 0.6 is 11.6 Å². The normalized spacial score (nSPS) is 11.7. The molecule has 0 atom stereocenters. The van der Waals surface area contributed by atoms with Crippen molar-refractivity contribution in [3.63, 3.8) is 0 Å². The SMILES string of the molecule is COc1ccc(-c2cnc(C)c(C(C)(C)C)n2)cc1CS(C)(=O)=O.COc1ccc(-c2cnc(C)c(C(C)(C)C)n2)cc1F.COc1ccc(-c2cnc(C)c(C(C)(C)C)n2)cc1OC.Cc1ncc(-c2ccc(OC(C)C)c(Cl)c2)nc1C(C)(C)C.Cc1ncc(-c2ccc(OC(C)C)c(F)c2)nc1C(C)(C)C.Cc1ncc(-c2ccc(OC(C)C)nc2)nc1C(C)(C)C.Cc1ncc(-c2cccc(O)c2)nc1C(C)(C)C. The molecule has 790 valence electrons. The number of hydrogen-bond donors (Lipinski definition) is 1. The van der Waals surface area contributed by atoms with E-state index in [2.05, 4.69) is 200 Å². The fourth-order valence-corrected chi connectivity index (χ4v) is 16.8. The number of phenolic OH excluding ortho intramolecular Hbond substituents is 1. The van der Waals surface area contributed by atoms with Crippen LogP contribution in [-0.4, -0.2) is 141 Å². The van der Waals surface area contributed by atoms with Crippen molar-refractivity contribution in [1.82, 2.24) is 74.8 Å². The summed E-state index contributed by atoms with van der Waals surface area (Å²) in [4.78, 5) is 68.5. The summed E-state index contributed by atoms with van der Waals surface area (Å²) in [5.41, 5.74) is 24.8. The Kier molecular flexibility index (Phi) is 40.9. The molecule has 0 unspecified atom stereocenters. The summed E-state index contributed by atoms with van der Waals surface area (Å²) in [5.74, 6) is 3.14. The van der Waals surface area contributed by atoms with Crippen molar-refractivity contribution in [3.8, 4) is 125 Å². The van der Waals surface area contributed by atoms with Crippen molar-refractivity contribution in [3.05, 3.63) is 279 Å². The van der Waals surface area contributed by atoms with Gasteiger partial charge in [-0.1, -0.05) is 169 Å². The maximum absolute atomic E-state index is 14.1. The maximum atomic E-state index is 14.1. The van der Waals surface area contributed by atoms with Crippen LogP contribution < -0.4 is 33.2 Å². The highest BCUT2D eigenvalue weighted by atomic mass is 35.5. The quantitative estimate of drug-likeness (QED) is 0.0786. The molecule has 0 saturated carbocycles. The highest BCUT2D eigenvalue weighted by Crippen LogP contribution is 2.40. The van der Waals surface area contributed by atoms with Gasteiger partial charge in [-0.05, 0) is 199 Å². The molecule has 29 heteroatoms. The molecule has 14 aromatic rings. The molecule has 0 radical (unpaired) electrons. The predicted molar refractivity (Wildman–Crippen MR) is 593 cm³/mol. The minimum atomic E-state index is -3.16. The highest BCUT2D eigenvalue weighted by Gasteiger charge is 2.29. The number of halogens is 3. The molecule has 0 amide bonds. The smallest absolute Gasteiger partial charge is 0.213 e. The third-order valence-electron chi connectivity index (χ3n) is 22.5. The van der Waals surface area contributed by atoms with Crippen LogP contribution in [0.1, 0.15) is 272 Å². The minimum Gasteiger partial charge on any atom is -0.508 e. The molecule has 8 heterocycles. The zero-order chi connectivity index (χ0) is 111. The molecule has 0 spiro atoms. The summed E-state index contributed by atoms with van der Waals surface area (Å²) < 4.78 is 88.7. The topological polar surface area (TPSA) is 312 Å². The summed E-state index contributed by atoms with van der Waals surface area (Å²) in [5, 5.41) is 10.1. The second kappa shape index (κ2) is 50.5. The van der Waals surface area contributed by atoms with E-state index in [4.69, 9.17) is 64.7 Å². The number of aromatic nitrogens is 15. The van der Waals surface area contributed by atoms with Gasteiger partial charge in [0.25, 0.3) is 0 Å². The van der Waals surface area contributed by atoms with Crippen LogP contribution in [0.3, 0.4) is 0 Å². The van der Waals surface area contributed by atoms with E-state index in [1.165, 1.54) is 32.6 Å². The highest BCUT2D eigenvalue weighted by molar-refractivity contribution is 7.89. The number of hydrogen-bond acceptors (Lipinski definition) is 25. The second-order valence-electron chi connectivity index (χ2n) is 44.3. The van der Waals surface area contributed by atoms with E-state index >= 15 is 0 Å². The summed E-state index contributed by atoms with van der Waals surface area (Å²) in [6.07, 6.45) is 15.4. The van der Waals surface area contributed by atoms with Crippen LogP contribution in [0.25, 0.3) is 78.8 Å². The van der Waals surface area contributed by atoms with Crippen molar-refractivity contribution >= 4 is 21.4 Å². The Bertz CT molecular complexity index is 6880. The lowest BCUT2D eigenvalue weighted by Crippen LogP contribution is -2.17. The van der Waals surface area contributed by atoms with E-state index in [1.807, 2.05) is 169 Å². The summed E-state index contributed by atoms with van der Waals surface area (Å²) in [6, 6.07) is 37.6. The molecular formula is C119H152ClF2N15O10S. The third kappa shape index (κ3) is 34.6. The number of rotatable bonds is 19. The van der Waals surface area contributed by atoms with Gasteiger partial charge in [0.1, 0.15) is 17.2 Å². The molecule has 0 fully saturated rings. The summed E-state index contributed by atoms with van der Waals surface area (Å²) >= 11 is 6.31. The lowest BCUT2D eigenvalue weighted by molar-refractivity contribution is 0.231. The molecule has 0 aliphatic heterocycles. The molecule has 0 bridgehead atoms. The number of methoxy groups -OCH3 is 4. The standard InChI is InChI=1S/C18H23ClN2O.C18H23FN2O.C18H24N2O3S.C17H23N3O.C17H22N2O2.C16H19FN2O.C15H18N2O/c2*1-11(2)22-16-8-7-13(9-14(16)19)15-10-20-12(3)17(21-15)18(4,5)6;1-12-17(18(2,3)4)20-15(10-19-12)13-7-8-16(23-5)14(9-13)11-24(6,21)22;1-11(2)21-15-8-7-13(9-19-15)14-10-18-12(3)16(20-14)17(4,5)6;1-11-16(17(2,3)4)19-13(10-18-11)12-7-8-14(20-5)15(9-12)21-6;1-10-15(16(2,3)4)19-13(9-18-10)11-6-7-14(20-5)12(17)8-11;1-10-14(15(2,3)4)17-13(9-16-10)11-6-5-7-12(18)8-11/h2*7-11H,1-6H3;7-10H,11H2,1-6H3;7-11H,1-6H3;7-10H,1-6H3;6-9H,1-5H3;5-9,18H,1-4H3. The monoisotopic (exact) mass is 2060 g/mol. The maximum Gasteiger partial charge on any atom is 0.213 e. The van der Waals surface area contributed by atoms with Crippen molar-refractivity contribution in [1.29, 1.82) is 0 Å². The molecule has 8 aromatic heterocycles. The Labute approximate surface area is 882 Å². The van der Waals surface area contributed by atoms with Gasteiger partial charge in [0.15, 0.2) is 44.5 Å². The van der Waals surface area contributed by atoms with Crippen LogP contribution in [0.5, 0.6) is 46.1 Å². The van der Waals surface area contributed by atoms with E-state index in [-0.39, 0.29) is 85.0 Å². The summed E-state index contributed by atoms with van der Waals surface area (Å²) in [7, 11) is 3.07. The van der Waals surface area contributed by atoms with Gasteiger partial charge in [-0.2, -0.15) is 0 Å². The number of aryl methyl sites for hydroxylation is 7. The lowest BCUT2D eigenvalue weighted by Gasteiger charge is -2.20. The zero-order valence-corrected chi connectivity index (χ0v) is 95.6. The van der Waals surface area contributed by atoms with E-state index < -0.39 is 15.7 Å². The van der Waals surface area contributed by atoms with Gasteiger partial charge in [0.2, 0.25) is 5.88 Å². The molecule has 0 aliphatic carbocycles. The molecule has 14 rings (SSSR count). The minimum absolute atomic E-state index is 0.0266. The molecule has 6 aromatic carbocycles. The fraction of sp³-hybridized carbons (Fsp3) is 0.420. The third-order valence-corrected chi connectivity index (χ3v) is 23.6. The predicted octanol–water partition coefficient (Wildman–Crippen LogP) is 28.2. The number of phenols is 1. The molecule has 0 aliphatic rings. The first-order chi connectivity index (χ1) is 68.7. The van der Waals surface area contributed by atoms with Gasteiger partial charge < -0.3 is 38.3 Å². The zero-order valence-electron chi connectivity index (χ0n) is 94.1. The Morgan fingerprint density at radius 2 is 0.561 bits per heavy atom. The number of nitrogens with zero attached hydrogens (tertiary/aromatic N) is 15. The van der Waals surface area contributed by atoms with Gasteiger partial charge in [0, 0.05) is 101 Å². The first-order valence-electron chi connectivity index (χ1n) is 49.4. The van der Waals surface area contributed by atoms with Gasteiger partial charge in [0.05, 0.1) is 220 Å². The Hall–Kier alpha value is -13.5. The second-order valence-corrected chi connectivity index (χ2v) is 46.9. The van der Waals surface area contributed by atoms with E-state index in [0.717, 1.165) is 136 Å². The van der Waals surface area contributed by atoms with Crippen molar-refractivity contribution in [2.24, 2.45) is 0 Å². The van der Waals surface area contributed by atoms with Gasteiger partial charge in [-0.25, -0.2) is 57.1 Å². The molecular weight excluding hydrogens is 1900 g/mol. The van der Waals surface area contributed by atoms with Crippen molar-refractivity contribution < 1.29 is 55.5 Å². The number of sulfone groups is 1. The Morgan fingerprint density at radius 3 is 0.838 bits per heavy atom. The van der Waals surface area contributed by atoms with Crippen LogP contribution in [0.2, 0.25) is 5.02 Å². The van der Waals surface area contributed by atoms with Gasteiger partial charge in [-0.15, -0.1) is 0 Å². The molecule has 25 nitrogen and oxygen atoms in total. The number of pyridine rings is 1. The average molecular weight is 2060 g/mol. The molecule has 0 saturated heterocycles. The van der Waals surface area contributed by atoms with Crippen LogP contribution in [0.4, 0.5) is 8.78 Å². The van der Waals surface area contributed by atoms with Gasteiger partial charge in [-0.3, -0.25) is 34.9 Å². The first-order valence-corrected chi connectivity index (χ1v) is 51.8. The summed E-state index contributed by atoms with van der Waals surface area (Å²) in [6.45, 7) is 69.9. The fourth-order valence-electron chi connectivity index (χ4n) is 15.8. The number of aromatic hydroxyl groups is 1.